The van der Waals surface area contributed by atoms with Crippen LogP contribution in [0.2, 0.25) is 0 Å². The number of benzene rings is 3. The highest BCUT2D eigenvalue weighted by Crippen LogP contribution is 2.27. The summed E-state index contributed by atoms with van der Waals surface area (Å²) in [4.78, 5) is 2.38. The molecule has 10 heteroatoms. The second kappa shape index (κ2) is 14.4. The highest BCUT2D eigenvalue weighted by molar-refractivity contribution is 7.86. The van der Waals surface area contributed by atoms with Crippen molar-refractivity contribution in [3.8, 4) is 0 Å². The molecule has 0 saturated carbocycles. The Bertz CT molecular complexity index is 1280. The molecule has 3 aromatic carbocycles. The number of para-hydroxylation sites is 1. The molecular formula is C28H38N2O6S2. The van der Waals surface area contributed by atoms with E-state index < -0.39 is 20.2 Å². The van der Waals surface area contributed by atoms with Crippen LogP contribution in [0.1, 0.15) is 37.0 Å². The molecular weight excluding hydrogens is 524 g/mol. The van der Waals surface area contributed by atoms with Crippen LogP contribution in [0.15, 0.2) is 82.6 Å². The van der Waals surface area contributed by atoms with E-state index in [9.17, 15) is 16.8 Å². The van der Waals surface area contributed by atoms with Crippen molar-refractivity contribution in [1.29, 1.82) is 0 Å². The first-order chi connectivity index (χ1) is 17.8. The number of hydrogen-bond acceptors (Lipinski definition) is 6. The Morgan fingerprint density at radius 3 is 1.71 bits per heavy atom. The molecule has 38 heavy (non-hydrogen) atoms. The van der Waals surface area contributed by atoms with Gasteiger partial charge in [-0.2, -0.15) is 16.8 Å². The first-order valence-electron chi connectivity index (χ1n) is 12.4. The minimum Gasteiger partial charge on any atom is -0.371 e. The minimum absolute atomic E-state index is 0.0666. The Hall–Kier alpha value is -2.76. The fourth-order valence-corrected chi connectivity index (χ4v) is 4.68. The molecule has 1 aliphatic heterocycles. The van der Waals surface area contributed by atoms with Crippen molar-refractivity contribution in [3.05, 3.63) is 89.5 Å². The molecule has 3 aromatic rings. The molecule has 0 spiro atoms. The predicted octanol–water partition coefficient (Wildman–Crippen LogP) is 4.92. The maximum absolute atomic E-state index is 10.5. The van der Waals surface area contributed by atoms with Gasteiger partial charge in [0.2, 0.25) is 0 Å². The standard InChI is InChI=1S/C14H22N2.2C7H8O3S/c1-12(2)15-9-5-10-16-11-8-13-6-3-4-7-14(13)16;2*1-6-2-4-7(5-3-6)11(8,9)10/h3-4,6-7,12,15H,5,8-11H2,1-2H3;2*2-5H,1H3,(H,8,9,10). The Labute approximate surface area is 227 Å². The smallest absolute Gasteiger partial charge is 0.294 e. The van der Waals surface area contributed by atoms with Crippen molar-refractivity contribution in [2.45, 2.75) is 56.4 Å². The molecule has 208 valence electrons. The SMILES string of the molecule is CC(C)NCCCN1CCc2ccccc21.Cc1ccc(S(=O)(=O)O)cc1.Cc1ccc(S(=O)(=O)O)cc1. The number of nitrogens with zero attached hydrogens (tertiary/aromatic N) is 1. The number of rotatable bonds is 7. The summed E-state index contributed by atoms with van der Waals surface area (Å²) in [5.74, 6) is 0. The van der Waals surface area contributed by atoms with E-state index in [1.54, 1.807) is 24.3 Å². The highest BCUT2D eigenvalue weighted by atomic mass is 32.2. The maximum Gasteiger partial charge on any atom is 0.294 e. The van der Waals surface area contributed by atoms with Crippen molar-refractivity contribution in [2.75, 3.05) is 24.5 Å². The molecule has 1 heterocycles. The fraction of sp³-hybridized carbons (Fsp3) is 0.357. The molecule has 0 unspecified atom stereocenters. The van der Waals surface area contributed by atoms with E-state index in [0.29, 0.717) is 6.04 Å². The van der Waals surface area contributed by atoms with Crippen molar-refractivity contribution >= 4 is 25.9 Å². The van der Waals surface area contributed by atoms with Crippen LogP contribution in [0.25, 0.3) is 0 Å². The number of nitrogens with one attached hydrogen (secondary N) is 1. The van der Waals surface area contributed by atoms with Crippen molar-refractivity contribution in [1.82, 2.24) is 5.32 Å². The molecule has 3 N–H and O–H groups in total. The molecule has 0 bridgehead atoms. The van der Waals surface area contributed by atoms with Crippen molar-refractivity contribution in [3.63, 3.8) is 0 Å². The summed E-state index contributed by atoms with van der Waals surface area (Å²) in [6.45, 7) is 11.6. The summed E-state index contributed by atoms with van der Waals surface area (Å²) in [7, 11) is -8.04. The van der Waals surface area contributed by atoms with E-state index in [4.69, 9.17) is 9.11 Å². The van der Waals surface area contributed by atoms with E-state index >= 15 is 0 Å². The van der Waals surface area contributed by atoms with Gasteiger partial charge < -0.3 is 10.2 Å². The monoisotopic (exact) mass is 562 g/mol. The molecule has 1 aliphatic rings. The molecule has 8 nitrogen and oxygen atoms in total. The van der Waals surface area contributed by atoms with Crippen LogP contribution in [-0.2, 0) is 26.7 Å². The molecule has 4 rings (SSSR count). The normalized spacial score (nSPS) is 12.8. The molecule has 0 radical (unpaired) electrons. The van der Waals surface area contributed by atoms with E-state index in [2.05, 4.69) is 48.3 Å². The van der Waals surface area contributed by atoms with Crippen molar-refractivity contribution in [2.24, 2.45) is 0 Å². The predicted molar refractivity (Wildman–Crippen MR) is 152 cm³/mol. The van der Waals surface area contributed by atoms with E-state index in [-0.39, 0.29) is 9.79 Å². The average molecular weight is 563 g/mol. The lowest BCUT2D eigenvalue weighted by atomic mass is 10.2. The van der Waals surface area contributed by atoms with Gasteiger partial charge in [0.1, 0.15) is 0 Å². The molecule has 0 saturated heterocycles. The first kappa shape index (κ1) is 31.5. The summed E-state index contributed by atoms with van der Waals surface area (Å²) >= 11 is 0. The van der Waals surface area contributed by atoms with Gasteiger partial charge >= 0.3 is 0 Å². The van der Waals surface area contributed by atoms with Crippen LogP contribution < -0.4 is 10.2 Å². The van der Waals surface area contributed by atoms with Gasteiger partial charge in [-0.05, 0) is 69.1 Å². The zero-order chi connectivity index (χ0) is 28.3. The third kappa shape index (κ3) is 10.9. The van der Waals surface area contributed by atoms with Crippen LogP contribution in [0, 0.1) is 13.8 Å². The van der Waals surface area contributed by atoms with E-state index in [1.807, 2.05) is 13.8 Å². The highest BCUT2D eigenvalue weighted by Gasteiger charge is 2.17. The number of aryl methyl sites for hydroxylation is 2. The van der Waals surface area contributed by atoms with Gasteiger partial charge in [-0.1, -0.05) is 67.4 Å². The fourth-order valence-electron chi connectivity index (χ4n) is 3.72. The van der Waals surface area contributed by atoms with Gasteiger partial charge in [0.25, 0.3) is 20.2 Å². The third-order valence-electron chi connectivity index (χ3n) is 5.78. The summed E-state index contributed by atoms with van der Waals surface area (Å²) in [6.07, 6.45) is 2.44. The lowest BCUT2D eigenvalue weighted by Crippen LogP contribution is -2.28. The molecule has 0 aliphatic carbocycles. The molecule has 0 fully saturated rings. The quantitative estimate of drug-likeness (QED) is 0.274. The molecule has 0 atom stereocenters. The van der Waals surface area contributed by atoms with Gasteiger partial charge in [0.05, 0.1) is 9.79 Å². The van der Waals surface area contributed by atoms with Crippen molar-refractivity contribution < 1.29 is 25.9 Å². The molecule has 0 amide bonds. The zero-order valence-corrected chi connectivity index (χ0v) is 24.0. The van der Waals surface area contributed by atoms with Crippen LogP contribution in [0.3, 0.4) is 0 Å². The Morgan fingerprint density at radius 1 is 0.789 bits per heavy atom. The van der Waals surface area contributed by atoms with E-state index in [1.165, 1.54) is 61.4 Å². The number of hydrogen-bond donors (Lipinski definition) is 3. The lowest BCUT2D eigenvalue weighted by molar-refractivity contribution is 0.481. The Morgan fingerprint density at radius 2 is 1.26 bits per heavy atom. The average Bonchev–Trinajstić information content (AvgIpc) is 3.25. The minimum atomic E-state index is -4.02. The van der Waals surface area contributed by atoms with E-state index in [0.717, 1.165) is 17.7 Å². The second-order valence-corrected chi connectivity index (χ2v) is 12.2. The summed E-state index contributed by atoms with van der Waals surface area (Å²) in [5, 5.41) is 3.47. The second-order valence-electron chi connectivity index (χ2n) is 9.40. The van der Waals surface area contributed by atoms with Gasteiger partial charge in [-0.3, -0.25) is 9.11 Å². The number of anilines is 1. The maximum atomic E-state index is 10.5. The van der Waals surface area contributed by atoms with Crippen LogP contribution in [0.5, 0.6) is 0 Å². The lowest BCUT2D eigenvalue weighted by Gasteiger charge is -2.19. The summed E-state index contributed by atoms with van der Waals surface area (Å²) in [6, 6.07) is 21.4. The van der Waals surface area contributed by atoms with Gasteiger partial charge in [0, 0.05) is 24.8 Å². The zero-order valence-electron chi connectivity index (χ0n) is 22.3. The third-order valence-corrected chi connectivity index (χ3v) is 7.51. The number of fused-ring (bicyclic) bond motifs is 1. The van der Waals surface area contributed by atoms with Gasteiger partial charge in [-0.25, -0.2) is 0 Å². The van der Waals surface area contributed by atoms with Crippen LogP contribution >= 0.6 is 0 Å². The Balaban J connectivity index is 0.000000206. The molecule has 0 aromatic heterocycles. The van der Waals surface area contributed by atoms with Crippen LogP contribution in [-0.4, -0.2) is 51.6 Å². The van der Waals surface area contributed by atoms with Crippen LogP contribution in [0.4, 0.5) is 5.69 Å². The van der Waals surface area contributed by atoms with Gasteiger partial charge in [-0.15, -0.1) is 0 Å². The topological polar surface area (TPSA) is 124 Å². The summed E-state index contributed by atoms with van der Waals surface area (Å²) in [5.41, 5.74) is 4.88. The largest absolute Gasteiger partial charge is 0.371 e. The Kier molecular flexibility index (Phi) is 11.9. The van der Waals surface area contributed by atoms with Gasteiger partial charge in [0.15, 0.2) is 0 Å². The summed E-state index contributed by atoms with van der Waals surface area (Å²) < 4.78 is 59.1. The first-order valence-corrected chi connectivity index (χ1v) is 15.3.